The highest BCUT2D eigenvalue weighted by Gasteiger charge is 2.57. The van der Waals surface area contributed by atoms with Gasteiger partial charge >= 0.3 is 0 Å². The number of amides is 2. The molecule has 1 fully saturated rings. The summed E-state index contributed by atoms with van der Waals surface area (Å²) in [6.07, 6.45) is 5.45. The molecule has 1 aliphatic carbocycles. The van der Waals surface area contributed by atoms with E-state index in [4.69, 9.17) is 0 Å². The van der Waals surface area contributed by atoms with Gasteiger partial charge in [-0.3, -0.25) is 14.6 Å². The lowest BCUT2D eigenvalue weighted by molar-refractivity contribution is -0.141. The van der Waals surface area contributed by atoms with Gasteiger partial charge in [0.15, 0.2) is 0 Å². The van der Waals surface area contributed by atoms with Crippen molar-refractivity contribution in [3.63, 3.8) is 0 Å². The number of benzene rings is 1. The molecule has 0 radical (unpaired) electrons. The standard InChI is InChI=1S/C23H30N4O2/c1-4-27(5-2)20-8-6-19(7-9-20)25-21(28)23(13-14-23)22(29)26(3)17-12-18-10-15-24-16-11-18/h6-11,15-16H,4-5,12-14,17H2,1-3H3,(H,25,28). The number of pyridine rings is 1. The van der Waals surface area contributed by atoms with Crippen molar-refractivity contribution in [3.8, 4) is 0 Å². The zero-order chi connectivity index (χ0) is 20.9. The van der Waals surface area contributed by atoms with Crippen LogP contribution >= 0.6 is 0 Å². The van der Waals surface area contributed by atoms with Crippen LogP contribution in [0.15, 0.2) is 48.8 Å². The summed E-state index contributed by atoms with van der Waals surface area (Å²) in [5.41, 5.74) is 2.07. The van der Waals surface area contributed by atoms with Crippen LogP contribution in [0.5, 0.6) is 0 Å². The fourth-order valence-corrected chi connectivity index (χ4v) is 3.57. The van der Waals surface area contributed by atoms with Crippen molar-refractivity contribution in [2.75, 3.05) is 36.9 Å². The molecule has 0 atom stereocenters. The molecule has 2 amide bonds. The Morgan fingerprint density at radius 3 is 2.21 bits per heavy atom. The monoisotopic (exact) mass is 394 g/mol. The van der Waals surface area contributed by atoms with E-state index in [2.05, 4.69) is 29.0 Å². The molecule has 29 heavy (non-hydrogen) atoms. The van der Waals surface area contributed by atoms with Crippen molar-refractivity contribution in [2.45, 2.75) is 33.1 Å². The molecule has 1 saturated carbocycles. The Labute approximate surface area is 172 Å². The van der Waals surface area contributed by atoms with E-state index in [0.29, 0.717) is 19.4 Å². The number of likely N-dealkylation sites (N-methyl/N-ethyl adjacent to an activating group) is 1. The minimum Gasteiger partial charge on any atom is -0.372 e. The molecule has 0 aliphatic heterocycles. The SMILES string of the molecule is CCN(CC)c1ccc(NC(=O)C2(C(=O)N(C)CCc3ccncc3)CC2)cc1. The molecule has 2 aromatic rings. The van der Waals surface area contributed by atoms with Crippen LogP contribution in [0.25, 0.3) is 0 Å². The normalized spacial score (nSPS) is 14.2. The first-order valence-electron chi connectivity index (χ1n) is 10.3. The topological polar surface area (TPSA) is 65.5 Å². The molecule has 1 aromatic carbocycles. The van der Waals surface area contributed by atoms with Crippen LogP contribution in [-0.2, 0) is 16.0 Å². The number of nitrogens with zero attached hydrogens (tertiary/aromatic N) is 3. The number of carbonyl (C=O) groups is 2. The molecule has 1 heterocycles. The number of rotatable bonds is 9. The molecule has 0 bridgehead atoms. The Morgan fingerprint density at radius 2 is 1.66 bits per heavy atom. The van der Waals surface area contributed by atoms with Crippen LogP contribution in [0.2, 0.25) is 0 Å². The first-order chi connectivity index (χ1) is 14.0. The molecule has 6 heteroatoms. The lowest BCUT2D eigenvalue weighted by atomic mass is 10.0. The number of nitrogens with one attached hydrogen (secondary N) is 1. The van der Waals surface area contributed by atoms with E-state index in [9.17, 15) is 9.59 Å². The number of anilines is 2. The van der Waals surface area contributed by atoms with Gasteiger partial charge in [0, 0.05) is 50.5 Å². The van der Waals surface area contributed by atoms with Crippen LogP contribution in [0, 0.1) is 5.41 Å². The second-order valence-electron chi connectivity index (χ2n) is 7.59. The van der Waals surface area contributed by atoms with Gasteiger partial charge in [-0.2, -0.15) is 0 Å². The lowest BCUT2D eigenvalue weighted by Gasteiger charge is -2.23. The van der Waals surface area contributed by atoms with E-state index in [1.54, 1.807) is 24.3 Å². The quantitative estimate of drug-likeness (QED) is 0.663. The van der Waals surface area contributed by atoms with E-state index in [0.717, 1.165) is 36.4 Å². The van der Waals surface area contributed by atoms with Crippen molar-refractivity contribution in [2.24, 2.45) is 5.41 Å². The van der Waals surface area contributed by atoms with Gasteiger partial charge in [0.2, 0.25) is 11.8 Å². The summed E-state index contributed by atoms with van der Waals surface area (Å²) in [6, 6.07) is 11.7. The van der Waals surface area contributed by atoms with Gasteiger partial charge in [-0.05, 0) is 75.1 Å². The number of hydrogen-bond acceptors (Lipinski definition) is 4. The predicted octanol–water partition coefficient (Wildman–Crippen LogP) is 3.35. The third-order valence-corrected chi connectivity index (χ3v) is 5.68. The van der Waals surface area contributed by atoms with Crippen LogP contribution in [0.3, 0.4) is 0 Å². The molecule has 0 unspecified atom stereocenters. The van der Waals surface area contributed by atoms with Crippen molar-refractivity contribution in [3.05, 3.63) is 54.4 Å². The lowest BCUT2D eigenvalue weighted by Crippen LogP contribution is -2.41. The van der Waals surface area contributed by atoms with Gasteiger partial charge < -0.3 is 15.1 Å². The molecule has 0 spiro atoms. The molecule has 1 aliphatic rings. The van der Waals surface area contributed by atoms with E-state index >= 15 is 0 Å². The first kappa shape index (κ1) is 20.8. The summed E-state index contributed by atoms with van der Waals surface area (Å²) >= 11 is 0. The van der Waals surface area contributed by atoms with E-state index in [1.165, 1.54) is 0 Å². The minimum absolute atomic E-state index is 0.0937. The molecule has 1 N–H and O–H groups in total. The van der Waals surface area contributed by atoms with Gasteiger partial charge in [0.05, 0.1) is 0 Å². The summed E-state index contributed by atoms with van der Waals surface area (Å²) in [6.45, 7) is 6.69. The molecule has 0 saturated heterocycles. The smallest absolute Gasteiger partial charge is 0.240 e. The maximum absolute atomic E-state index is 12.9. The Kier molecular flexibility index (Phi) is 6.52. The summed E-state index contributed by atoms with van der Waals surface area (Å²) in [7, 11) is 1.77. The molecule has 6 nitrogen and oxygen atoms in total. The van der Waals surface area contributed by atoms with Gasteiger partial charge in [-0.1, -0.05) is 0 Å². The fourth-order valence-electron chi connectivity index (χ4n) is 3.57. The van der Waals surface area contributed by atoms with E-state index in [1.807, 2.05) is 36.4 Å². The van der Waals surface area contributed by atoms with Gasteiger partial charge in [0.1, 0.15) is 5.41 Å². The third kappa shape index (κ3) is 4.75. The summed E-state index contributed by atoms with van der Waals surface area (Å²) < 4.78 is 0. The minimum atomic E-state index is -0.912. The van der Waals surface area contributed by atoms with E-state index < -0.39 is 5.41 Å². The van der Waals surface area contributed by atoms with Crippen molar-refractivity contribution >= 4 is 23.2 Å². The average Bonchev–Trinajstić information content (AvgIpc) is 3.56. The highest BCUT2D eigenvalue weighted by Crippen LogP contribution is 2.48. The van der Waals surface area contributed by atoms with E-state index in [-0.39, 0.29) is 11.8 Å². The van der Waals surface area contributed by atoms with Crippen LogP contribution < -0.4 is 10.2 Å². The number of aromatic nitrogens is 1. The fraction of sp³-hybridized carbons (Fsp3) is 0.435. The Hall–Kier alpha value is -2.89. The van der Waals surface area contributed by atoms with Gasteiger partial charge in [-0.25, -0.2) is 0 Å². The molecule has 154 valence electrons. The van der Waals surface area contributed by atoms with Crippen molar-refractivity contribution in [1.82, 2.24) is 9.88 Å². The Balaban J connectivity index is 1.59. The van der Waals surface area contributed by atoms with Crippen molar-refractivity contribution < 1.29 is 9.59 Å². The highest BCUT2D eigenvalue weighted by molar-refractivity contribution is 6.13. The number of hydrogen-bond donors (Lipinski definition) is 1. The second kappa shape index (κ2) is 9.07. The maximum Gasteiger partial charge on any atom is 0.240 e. The molecular weight excluding hydrogens is 364 g/mol. The molecular formula is C23H30N4O2. The molecule has 1 aromatic heterocycles. The van der Waals surface area contributed by atoms with Gasteiger partial charge in [-0.15, -0.1) is 0 Å². The molecule has 3 rings (SSSR count). The van der Waals surface area contributed by atoms with Crippen LogP contribution in [-0.4, -0.2) is 48.4 Å². The van der Waals surface area contributed by atoms with Gasteiger partial charge in [0.25, 0.3) is 0 Å². The van der Waals surface area contributed by atoms with Crippen LogP contribution in [0.4, 0.5) is 11.4 Å². The zero-order valence-corrected chi connectivity index (χ0v) is 17.5. The largest absolute Gasteiger partial charge is 0.372 e. The Bertz CT molecular complexity index is 828. The Morgan fingerprint density at radius 1 is 1.03 bits per heavy atom. The summed E-state index contributed by atoms with van der Waals surface area (Å²) in [5.74, 6) is -0.294. The zero-order valence-electron chi connectivity index (χ0n) is 17.5. The highest BCUT2D eigenvalue weighted by atomic mass is 16.2. The second-order valence-corrected chi connectivity index (χ2v) is 7.59. The third-order valence-electron chi connectivity index (χ3n) is 5.68. The summed E-state index contributed by atoms with van der Waals surface area (Å²) in [5, 5.41) is 2.94. The average molecular weight is 395 g/mol. The predicted molar refractivity (Wildman–Crippen MR) is 116 cm³/mol. The summed E-state index contributed by atoms with van der Waals surface area (Å²) in [4.78, 5) is 33.7. The number of carbonyl (C=O) groups excluding carboxylic acids is 2. The maximum atomic E-state index is 12.9. The van der Waals surface area contributed by atoms with Crippen LogP contribution in [0.1, 0.15) is 32.3 Å². The first-order valence-corrected chi connectivity index (χ1v) is 10.3. The van der Waals surface area contributed by atoms with Crippen molar-refractivity contribution in [1.29, 1.82) is 0 Å².